The Kier molecular flexibility index (Phi) is 5.17. The van der Waals surface area contributed by atoms with Gasteiger partial charge in [0, 0.05) is 38.9 Å². The Morgan fingerprint density at radius 3 is 2.90 bits per heavy atom. The van der Waals surface area contributed by atoms with Gasteiger partial charge in [-0.3, -0.25) is 9.89 Å². The number of carbonyl (C=O) groups excluding carboxylic acids is 1. The van der Waals surface area contributed by atoms with Gasteiger partial charge in [-0.1, -0.05) is 0 Å². The second-order valence-corrected chi connectivity index (χ2v) is 5.77. The summed E-state index contributed by atoms with van der Waals surface area (Å²) in [7, 11) is 1.90. The average molecular weight is 279 g/mol. The van der Waals surface area contributed by atoms with Gasteiger partial charge in [0.25, 0.3) is 0 Å². The molecular formula is C15H25N3O2. The van der Waals surface area contributed by atoms with Gasteiger partial charge in [-0.05, 0) is 44.6 Å². The summed E-state index contributed by atoms with van der Waals surface area (Å²) < 4.78 is 5.31. The Bertz CT molecular complexity index is 430. The van der Waals surface area contributed by atoms with Crippen molar-refractivity contribution in [2.75, 3.05) is 26.8 Å². The number of hydrogen-bond donors (Lipinski definition) is 1. The van der Waals surface area contributed by atoms with Crippen LogP contribution in [0.25, 0.3) is 0 Å². The van der Waals surface area contributed by atoms with Crippen LogP contribution >= 0.6 is 0 Å². The third-order valence-electron chi connectivity index (χ3n) is 4.11. The minimum atomic E-state index is 0.237. The lowest BCUT2D eigenvalue weighted by Crippen LogP contribution is -2.29. The molecule has 1 atom stereocenters. The maximum absolute atomic E-state index is 12.1. The fourth-order valence-electron chi connectivity index (χ4n) is 2.71. The number of H-pyrrole nitrogens is 1. The van der Waals surface area contributed by atoms with Crippen LogP contribution in [-0.4, -0.2) is 47.8 Å². The molecular weight excluding hydrogens is 254 g/mol. The molecule has 0 bridgehead atoms. The van der Waals surface area contributed by atoms with Crippen LogP contribution in [0.3, 0.4) is 0 Å². The van der Waals surface area contributed by atoms with Crippen LogP contribution in [0, 0.1) is 19.8 Å². The predicted molar refractivity (Wildman–Crippen MR) is 77.6 cm³/mol. The van der Waals surface area contributed by atoms with E-state index in [0.29, 0.717) is 12.3 Å². The lowest BCUT2D eigenvalue weighted by atomic mass is 10.0. The average Bonchev–Trinajstić information content (AvgIpc) is 3.02. The van der Waals surface area contributed by atoms with E-state index in [1.165, 1.54) is 5.56 Å². The number of aromatic nitrogens is 2. The Hall–Kier alpha value is -1.36. The van der Waals surface area contributed by atoms with Crippen LogP contribution in [0.1, 0.15) is 36.2 Å². The van der Waals surface area contributed by atoms with Gasteiger partial charge in [0.1, 0.15) is 0 Å². The number of ether oxygens (including phenoxy) is 1. The first kappa shape index (κ1) is 15.0. The monoisotopic (exact) mass is 279 g/mol. The van der Waals surface area contributed by atoms with Crippen molar-refractivity contribution in [2.45, 2.75) is 39.5 Å². The molecule has 1 N–H and O–H groups in total. The Morgan fingerprint density at radius 1 is 1.50 bits per heavy atom. The highest BCUT2D eigenvalue weighted by molar-refractivity contribution is 5.76. The number of nitrogens with one attached hydrogen (secondary N) is 1. The van der Waals surface area contributed by atoms with E-state index >= 15 is 0 Å². The van der Waals surface area contributed by atoms with Crippen molar-refractivity contribution < 1.29 is 9.53 Å². The Morgan fingerprint density at radius 2 is 2.30 bits per heavy atom. The van der Waals surface area contributed by atoms with Crippen LogP contribution in [0.5, 0.6) is 0 Å². The quantitative estimate of drug-likeness (QED) is 0.864. The molecule has 2 rings (SSSR count). The van der Waals surface area contributed by atoms with Crippen LogP contribution in [0.4, 0.5) is 0 Å². The van der Waals surface area contributed by atoms with E-state index in [1.54, 1.807) is 0 Å². The summed E-state index contributed by atoms with van der Waals surface area (Å²) in [4.78, 5) is 13.9. The summed E-state index contributed by atoms with van der Waals surface area (Å²) in [5.74, 6) is 0.657. The zero-order valence-electron chi connectivity index (χ0n) is 12.7. The zero-order valence-corrected chi connectivity index (χ0v) is 12.7. The van der Waals surface area contributed by atoms with Gasteiger partial charge in [-0.2, -0.15) is 5.10 Å². The molecule has 112 valence electrons. The van der Waals surface area contributed by atoms with Crippen molar-refractivity contribution in [3.63, 3.8) is 0 Å². The number of nitrogens with zero attached hydrogens (tertiary/aromatic N) is 2. The highest BCUT2D eigenvalue weighted by Gasteiger charge is 2.21. The van der Waals surface area contributed by atoms with Crippen molar-refractivity contribution in [1.82, 2.24) is 15.1 Å². The second kappa shape index (κ2) is 6.88. The molecule has 0 unspecified atom stereocenters. The lowest BCUT2D eigenvalue weighted by molar-refractivity contribution is -0.130. The smallest absolute Gasteiger partial charge is 0.222 e. The van der Waals surface area contributed by atoms with Crippen molar-refractivity contribution in [3.8, 4) is 0 Å². The van der Waals surface area contributed by atoms with E-state index in [2.05, 4.69) is 10.2 Å². The summed E-state index contributed by atoms with van der Waals surface area (Å²) in [5.41, 5.74) is 3.49. The number of hydrogen-bond acceptors (Lipinski definition) is 3. The fourth-order valence-corrected chi connectivity index (χ4v) is 2.71. The van der Waals surface area contributed by atoms with Gasteiger partial charge in [0.05, 0.1) is 5.69 Å². The third kappa shape index (κ3) is 3.82. The summed E-state index contributed by atoms with van der Waals surface area (Å²) >= 11 is 0. The van der Waals surface area contributed by atoms with Crippen molar-refractivity contribution in [3.05, 3.63) is 17.0 Å². The summed E-state index contributed by atoms with van der Waals surface area (Å²) in [6, 6.07) is 0. The standard InChI is InChI=1S/C15H25N3O2/c1-11-14(12(2)17-16-11)5-4-7-18(3)15(19)9-13-6-8-20-10-13/h13H,4-10H2,1-3H3,(H,16,17)/t13-/m0/s1. The second-order valence-electron chi connectivity index (χ2n) is 5.77. The molecule has 0 aliphatic carbocycles. The maximum atomic E-state index is 12.1. The highest BCUT2D eigenvalue weighted by atomic mass is 16.5. The van der Waals surface area contributed by atoms with Crippen LogP contribution < -0.4 is 0 Å². The van der Waals surface area contributed by atoms with Gasteiger partial charge in [0.15, 0.2) is 0 Å². The normalized spacial score (nSPS) is 18.4. The maximum Gasteiger partial charge on any atom is 0.222 e. The summed E-state index contributed by atoms with van der Waals surface area (Å²) in [6.07, 6.45) is 3.59. The van der Waals surface area contributed by atoms with Crippen molar-refractivity contribution in [1.29, 1.82) is 0 Å². The lowest BCUT2D eigenvalue weighted by Gasteiger charge is -2.18. The molecule has 0 saturated carbocycles. The molecule has 1 saturated heterocycles. The van der Waals surface area contributed by atoms with E-state index in [1.807, 2.05) is 25.8 Å². The number of aryl methyl sites for hydroxylation is 2. The van der Waals surface area contributed by atoms with Crippen molar-refractivity contribution in [2.24, 2.45) is 5.92 Å². The van der Waals surface area contributed by atoms with E-state index in [4.69, 9.17) is 4.74 Å². The van der Waals surface area contributed by atoms with Gasteiger partial charge in [-0.15, -0.1) is 0 Å². The highest BCUT2D eigenvalue weighted by Crippen LogP contribution is 2.17. The number of aromatic amines is 1. The molecule has 0 radical (unpaired) electrons. The molecule has 20 heavy (non-hydrogen) atoms. The minimum Gasteiger partial charge on any atom is -0.381 e. The number of carbonyl (C=O) groups is 1. The molecule has 2 heterocycles. The first-order valence-electron chi connectivity index (χ1n) is 7.40. The third-order valence-corrected chi connectivity index (χ3v) is 4.11. The number of amides is 1. The molecule has 5 nitrogen and oxygen atoms in total. The SMILES string of the molecule is Cc1n[nH]c(C)c1CCCN(C)C(=O)C[C@@H]1CCOC1. The largest absolute Gasteiger partial charge is 0.381 e. The van der Waals surface area contributed by atoms with Gasteiger partial charge < -0.3 is 9.64 Å². The van der Waals surface area contributed by atoms with E-state index < -0.39 is 0 Å². The van der Waals surface area contributed by atoms with Crippen LogP contribution in [0.2, 0.25) is 0 Å². The molecule has 1 fully saturated rings. The van der Waals surface area contributed by atoms with Crippen LogP contribution in [0.15, 0.2) is 0 Å². The van der Waals surface area contributed by atoms with Gasteiger partial charge >= 0.3 is 0 Å². The molecule has 1 aromatic heterocycles. The Labute approximate surface area is 120 Å². The van der Waals surface area contributed by atoms with E-state index in [0.717, 1.165) is 50.4 Å². The number of rotatable bonds is 6. The Balaban J connectivity index is 1.71. The summed E-state index contributed by atoms with van der Waals surface area (Å²) in [6.45, 7) is 6.42. The molecule has 1 aromatic rings. The topological polar surface area (TPSA) is 58.2 Å². The molecule has 1 aliphatic heterocycles. The van der Waals surface area contributed by atoms with Crippen LogP contribution in [-0.2, 0) is 16.0 Å². The molecule has 0 spiro atoms. The first-order valence-corrected chi connectivity index (χ1v) is 7.40. The van der Waals surface area contributed by atoms with E-state index in [-0.39, 0.29) is 5.91 Å². The zero-order chi connectivity index (χ0) is 14.5. The first-order chi connectivity index (χ1) is 9.58. The minimum absolute atomic E-state index is 0.237. The summed E-state index contributed by atoms with van der Waals surface area (Å²) in [5, 5.41) is 7.20. The van der Waals surface area contributed by atoms with Gasteiger partial charge in [-0.25, -0.2) is 0 Å². The molecule has 0 aromatic carbocycles. The van der Waals surface area contributed by atoms with E-state index in [9.17, 15) is 4.79 Å². The predicted octanol–water partition coefficient (Wildman–Crippen LogP) is 1.84. The molecule has 5 heteroatoms. The van der Waals surface area contributed by atoms with Gasteiger partial charge in [0.2, 0.25) is 5.91 Å². The molecule has 1 aliphatic rings. The molecule has 1 amide bonds. The fraction of sp³-hybridized carbons (Fsp3) is 0.733. The van der Waals surface area contributed by atoms with Crippen molar-refractivity contribution >= 4 is 5.91 Å².